The van der Waals surface area contributed by atoms with Gasteiger partial charge in [0.1, 0.15) is 0 Å². The summed E-state index contributed by atoms with van der Waals surface area (Å²) in [4.78, 5) is 12.1. The van der Waals surface area contributed by atoms with E-state index in [-0.39, 0.29) is 18.4 Å². The van der Waals surface area contributed by atoms with Crippen molar-refractivity contribution in [2.75, 3.05) is 0 Å². The average Bonchev–Trinajstić information content (AvgIpc) is 2.67. The van der Waals surface area contributed by atoms with E-state index in [9.17, 15) is 4.79 Å². The SMILES string of the molecule is CCC(C)(C)C(=O)OC1OC(C)C2CCCCC12. The summed E-state index contributed by atoms with van der Waals surface area (Å²) in [6.07, 6.45) is 5.61. The van der Waals surface area contributed by atoms with Gasteiger partial charge in [0, 0.05) is 5.92 Å². The number of carbonyl (C=O) groups excluding carboxylic acids is 1. The fourth-order valence-electron chi connectivity index (χ4n) is 3.05. The van der Waals surface area contributed by atoms with Crippen molar-refractivity contribution >= 4 is 5.97 Å². The molecule has 2 fully saturated rings. The van der Waals surface area contributed by atoms with Crippen LogP contribution < -0.4 is 0 Å². The number of rotatable bonds is 3. The van der Waals surface area contributed by atoms with Crippen LogP contribution in [0.15, 0.2) is 0 Å². The summed E-state index contributed by atoms with van der Waals surface area (Å²) in [5, 5.41) is 0. The first-order valence-electron chi connectivity index (χ1n) is 7.32. The summed E-state index contributed by atoms with van der Waals surface area (Å²) in [5.41, 5.74) is -0.403. The standard InChI is InChI=1S/C15H26O3/c1-5-15(3,4)14(16)18-13-12-9-7-6-8-11(12)10(2)17-13/h10-13H,5-9H2,1-4H3. The van der Waals surface area contributed by atoms with Gasteiger partial charge < -0.3 is 9.47 Å². The van der Waals surface area contributed by atoms with E-state index in [2.05, 4.69) is 6.92 Å². The second-order valence-corrected chi connectivity index (χ2v) is 6.46. The number of fused-ring (bicyclic) bond motifs is 1. The molecule has 1 saturated heterocycles. The van der Waals surface area contributed by atoms with E-state index in [0.717, 1.165) is 12.8 Å². The molecule has 0 amide bonds. The highest BCUT2D eigenvalue weighted by molar-refractivity contribution is 5.75. The number of hydrogen-bond acceptors (Lipinski definition) is 3. The zero-order valence-corrected chi connectivity index (χ0v) is 12.1. The minimum Gasteiger partial charge on any atom is -0.435 e. The molecule has 4 unspecified atom stereocenters. The van der Waals surface area contributed by atoms with E-state index < -0.39 is 5.41 Å². The molecule has 2 rings (SSSR count). The van der Waals surface area contributed by atoms with E-state index in [0.29, 0.717) is 11.8 Å². The molecule has 0 spiro atoms. The van der Waals surface area contributed by atoms with Crippen molar-refractivity contribution in [1.82, 2.24) is 0 Å². The summed E-state index contributed by atoms with van der Waals surface area (Å²) >= 11 is 0. The van der Waals surface area contributed by atoms with Gasteiger partial charge in [-0.25, -0.2) is 0 Å². The molecule has 3 heteroatoms. The zero-order chi connectivity index (χ0) is 13.3. The lowest BCUT2D eigenvalue weighted by Crippen LogP contribution is -2.34. The Labute approximate surface area is 110 Å². The molecule has 0 radical (unpaired) electrons. The Balaban J connectivity index is 2.00. The van der Waals surface area contributed by atoms with Crippen molar-refractivity contribution in [3.05, 3.63) is 0 Å². The summed E-state index contributed by atoms with van der Waals surface area (Å²) in [6, 6.07) is 0. The van der Waals surface area contributed by atoms with Crippen LogP contribution in [0.2, 0.25) is 0 Å². The molecule has 1 saturated carbocycles. The highest BCUT2D eigenvalue weighted by Gasteiger charge is 2.46. The van der Waals surface area contributed by atoms with Gasteiger partial charge in [0.05, 0.1) is 11.5 Å². The Morgan fingerprint density at radius 2 is 1.89 bits per heavy atom. The van der Waals surface area contributed by atoms with Gasteiger partial charge in [0.15, 0.2) is 0 Å². The van der Waals surface area contributed by atoms with E-state index in [1.807, 2.05) is 20.8 Å². The molecule has 2 aliphatic rings. The molecule has 1 heterocycles. The van der Waals surface area contributed by atoms with Crippen LogP contribution in [0.25, 0.3) is 0 Å². The minimum atomic E-state index is -0.403. The van der Waals surface area contributed by atoms with Crippen LogP contribution in [0, 0.1) is 17.3 Å². The molecule has 0 aromatic heterocycles. The number of ether oxygens (including phenoxy) is 2. The molecule has 0 aromatic carbocycles. The van der Waals surface area contributed by atoms with Gasteiger partial charge in [-0.2, -0.15) is 0 Å². The summed E-state index contributed by atoms with van der Waals surface area (Å²) in [7, 11) is 0. The predicted molar refractivity (Wildman–Crippen MR) is 69.9 cm³/mol. The lowest BCUT2D eigenvalue weighted by atomic mass is 9.78. The normalized spacial score (nSPS) is 36.2. The zero-order valence-electron chi connectivity index (χ0n) is 12.1. The van der Waals surface area contributed by atoms with Gasteiger partial charge in [-0.3, -0.25) is 4.79 Å². The van der Waals surface area contributed by atoms with Crippen LogP contribution in [0.4, 0.5) is 0 Å². The third-order valence-electron chi connectivity index (χ3n) is 4.84. The van der Waals surface area contributed by atoms with Gasteiger partial charge >= 0.3 is 5.97 Å². The fraction of sp³-hybridized carbons (Fsp3) is 0.933. The predicted octanol–water partition coefficient (Wildman–Crippen LogP) is 3.52. The smallest absolute Gasteiger partial charge is 0.313 e. The van der Waals surface area contributed by atoms with Gasteiger partial charge in [-0.15, -0.1) is 0 Å². The molecule has 1 aliphatic carbocycles. The van der Waals surface area contributed by atoms with Crippen molar-refractivity contribution in [2.24, 2.45) is 17.3 Å². The van der Waals surface area contributed by atoms with Crippen molar-refractivity contribution in [3.8, 4) is 0 Å². The second kappa shape index (κ2) is 5.20. The van der Waals surface area contributed by atoms with E-state index in [4.69, 9.17) is 9.47 Å². The van der Waals surface area contributed by atoms with E-state index in [1.54, 1.807) is 0 Å². The van der Waals surface area contributed by atoms with Gasteiger partial charge in [0.2, 0.25) is 6.29 Å². The maximum Gasteiger partial charge on any atom is 0.313 e. The van der Waals surface area contributed by atoms with Gasteiger partial charge in [-0.1, -0.05) is 19.8 Å². The van der Waals surface area contributed by atoms with Crippen LogP contribution >= 0.6 is 0 Å². The molecular weight excluding hydrogens is 228 g/mol. The first-order chi connectivity index (χ1) is 8.45. The number of esters is 1. The molecular formula is C15H26O3. The number of carbonyl (C=O) groups is 1. The highest BCUT2D eigenvalue weighted by Crippen LogP contribution is 2.43. The Hall–Kier alpha value is -0.570. The first-order valence-corrected chi connectivity index (χ1v) is 7.32. The Morgan fingerprint density at radius 3 is 2.50 bits per heavy atom. The molecule has 104 valence electrons. The third kappa shape index (κ3) is 2.56. The lowest BCUT2D eigenvalue weighted by molar-refractivity contribution is -0.190. The largest absolute Gasteiger partial charge is 0.435 e. The minimum absolute atomic E-state index is 0.117. The quantitative estimate of drug-likeness (QED) is 0.723. The lowest BCUT2D eigenvalue weighted by Gasteiger charge is -2.29. The van der Waals surface area contributed by atoms with Crippen LogP contribution in [-0.2, 0) is 14.3 Å². The Kier molecular flexibility index (Phi) is 4.00. The first kappa shape index (κ1) is 13.9. The van der Waals surface area contributed by atoms with Crippen molar-refractivity contribution < 1.29 is 14.3 Å². The molecule has 18 heavy (non-hydrogen) atoms. The summed E-state index contributed by atoms with van der Waals surface area (Å²) in [6.45, 7) is 8.00. The Bertz CT molecular complexity index is 311. The fourth-order valence-corrected chi connectivity index (χ4v) is 3.05. The van der Waals surface area contributed by atoms with Gasteiger partial charge in [-0.05, 0) is 46.0 Å². The molecule has 0 N–H and O–H groups in total. The highest BCUT2D eigenvalue weighted by atomic mass is 16.7. The molecule has 4 atom stereocenters. The van der Waals surface area contributed by atoms with E-state index in [1.165, 1.54) is 19.3 Å². The third-order valence-corrected chi connectivity index (χ3v) is 4.84. The monoisotopic (exact) mass is 254 g/mol. The molecule has 0 bridgehead atoms. The Morgan fingerprint density at radius 1 is 1.28 bits per heavy atom. The van der Waals surface area contributed by atoms with Gasteiger partial charge in [0.25, 0.3) is 0 Å². The maximum atomic E-state index is 12.1. The number of hydrogen-bond donors (Lipinski definition) is 0. The molecule has 0 aromatic rings. The molecule has 3 nitrogen and oxygen atoms in total. The van der Waals surface area contributed by atoms with E-state index >= 15 is 0 Å². The average molecular weight is 254 g/mol. The van der Waals surface area contributed by atoms with Crippen LogP contribution in [0.5, 0.6) is 0 Å². The summed E-state index contributed by atoms with van der Waals surface area (Å²) < 4.78 is 11.5. The van der Waals surface area contributed by atoms with Crippen LogP contribution in [-0.4, -0.2) is 18.4 Å². The van der Waals surface area contributed by atoms with Crippen molar-refractivity contribution in [3.63, 3.8) is 0 Å². The maximum absolute atomic E-state index is 12.1. The van der Waals surface area contributed by atoms with Crippen LogP contribution in [0.3, 0.4) is 0 Å². The van der Waals surface area contributed by atoms with Crippen molar-refractivity contribution in [2.45, 2.75) is 72.2 Å². The summed E-state index contributed by atoms with van der Waals surface area (Å²) in [5.74, 6) is 0.889. The van der Waals surface area contributed by atoms with Crippen molar-refractivity contribution in [1.29, 1.82) is 0 Å². The molecule has 1 aliphatic heterocycles. The van der Waals surface area contributed by atoms with Crippen LogP contribution in [0.1, 0.15) is 59.8 Å². The second-order valence-electron chi connectivity index (χ2n) is 6.46. The topological polar surface area (TPSA) is 35.5 Å².